The molecule has 4 nitrogen and oxygen atoms in total. The van der Waals surface area contributed by atoms with E-state index in [-0.39, 0.29) is 18.0 Å². The fourth-order valence-electron chi connectivity index (χ4n) is 4.16. The van der Waals surface area contributed by atoms with E-state index in [0.29, 0.717) is 13.0 Å². The molecule has 0 bridgehead atoms. The van der Waals surface area contributed by atoms with Crippen LogP contribution in [0.15, 0.2) is 42.5 Å². The van der Waals surface area contributed by atoms with Crippen molar-refractivity contribution in [2.45, 2.75) is 45.6 Å². The minimum absolute atomic E-state index is 0.0741. The Morgan fingerprint density at radius 1 is 1.18 bits per heavy atom. The molecule has 28 heavy (non-hydrogen) atoms. The number of rotatable bonds is 10. The highest BCUT2D eigenvalue weighted by molar-refractivity contribution is 5.86. The van der Waals surface area contributed by atoms with Crippen molar-refractivity contribution in [3.63, 3.8) is 0 Å². The van der Waals surface area contributed by atoms with Gasteiger partial charge >= 0.3 is 5.97 Å². The maximum Gasteiger partial charge on any atom is 0.309 e. The van der Waals surface area contributed by atoms with E-state index in [1.165, 1.54) is 21.2 Å². The molecule has 1 heterocycles. The second-order valence-electron chi connectivity index (χ2n) is 7.78. The van der Waals surface area contributed by atoms with Crippen LogP contribution in [0.5, 0.6) is 0 Å². The fourth-order valence-corrected chi connectivity index (χ4v) is 4.16. The zero-order chi connectivity index (χ0) is 19.8. The molecule has 1 fully saturated rings. The molecule has 1 N–H and O–H groups in total. The summed E-state index contributed by atoms with van der Waals surface area (Å²) < 4.78 is 11.5. The van der Waals surface area contributed by atoms with Crippen molar-refractivity contribution >= 4 is 16.7 Å². The SMILES string of the molecule is CC[NH+](CC)CCOC(=O)[C@H](Cc1cccc2ccccc12)C[C@@H]1CCCO1. The zero-order valence-corrected chi connectivity index (χ0v) is 17.3. The lowest BCUT2D eigenvalue weighted by atomic mass is 9.90. The number of hydrogen-bond acceptors (Lipinski definition) is 3. The van der Waals surface area contributed by atoms with Gasteiger partial charge in [-0.1, -0.05) is 42.5 Å². The number of benzene rings is 2. The van der Waals surface area contributed by atoms with Crippen LogP contribution >= 0.6 is 0 Å². The molecule has 3 rings (SSSR count). The Labute approximate surface area is 168 Å². The Kier molecular flexibility index (Phi) is 7.87. The lowest BCUT2D eigenvalue weighted by molar-refractivity contribution is -0.896. The summed E-state index contributed by atoms with van der Waals surface area (Å²) in [5.74, 6) is -0.226. The molecule has 2 aromatic rings. The highest BCUT2D eigenvalue weighted by Gasteiger charge is 2.28. The molecule has 0 radical (unpaired) electrons. The maximum atomic E-state index is 12.9. The van der Waals surface area contributed by atoms with Crippen LogP contribution in [0, 0.1) is 5.92 Å². The number of carbonyl (C=O) groups is 1. The summed E-state index contributed by atoms with van der Waals surface area (Å²) in [5, 5.41) is 2.44. The average molecular weight is 385 g/mol. The third-order valence-corrected chi connectivity index (χ3v) is 5.95. The molecule has 0 aliphatic carbocycles. The summed E-state index contributed by atoms with van der Waals surface area (Å²) in [5.41, 5.74) is 1.22. The lowest BCUT2D eigenvalue weighted by Crippen LogP contribution is -3.11. The Balaban J connectivity index is 1.69. The number of esters is 1. The first-order valence-electron chi connectivity index (χ1n) is 10.8. The van der Waals surface area contributed by atoms with Gasteiger partial charge in [-0.25, -0.2) is 0 Å². The molecule has 4 heteroatoms. The minimum atomic E-state index is -0.152. The molecule has 0 amide bonds. The number of ether oxygens (including phenoxy) is 2. The lowest BCUT2D eigenvalue weighted by Gasteiger charge is -2.21. The van der Waals surface area contributed by atoms with Crippen molar-refractivity contribution in [2.24, 2.45) is 5.92 Å². The van der Waals surface area contributed by atoms with Gasteiger partial charge in [0.05, 0.1) is 25.1 Å². The van der Waals surface area contributed by atoms with Crippen LogP contribution in [0.1, 0.15) is 38.7 Å². The Hall–Kier alpha value is -1.91. The molecular formula is C24H34NO3+. The van der Waals surface area contributed by atoms with E-state index < -0.39 is 0 Å². The number of nitrogens with one attached hydrogen (secondary N) is 1. The number of quaternary nitrogens is 1. The third-order valence-electron chi connectivity index (χ3n) is 5.95. The van der Waals surface area contributed by atoms with Crippen LogP contribution in [-0.2, 0) is 20.7 Å². The highest BCUT2D eigenvalue weighted by Crippen LogP contribution is 2.27. The summed E-state index contributed by atoms with van der Waals surface area (Å²) >= 11 is 0. The van der Waals surface area contributed by atoms with Crippen molar-refractivity contribution in [3.05, 3.63) is 48.0 Å². The molecule has 0 spiro atoms. The van der Waals surface area contributed by atoms with E-state index in [1.807, 2.05) is 0 Å². The van der Waals surface area contributed by atoms with Crippen molar-refractivity contribution < 1.29 is 19.2 Å². The van der Waals surface area contributed by atoms with Crippen molar-refractivity contribution in [2.75, 3.05) is 32.8 Å². The van der Waals surface area contributed by atoms with Crippen LogP contribution in [-0.4, -0.2) is 44.9 Å². The van der Waals surface area contributed by atoms with Crippen molar-refractivity contribution in [1.82, 2.24) is 0 Å². The van der Waals surface area contributed by atoms with Gasteiger partial charge in [0.2, 0.25) is 0 Å². The van der Waals surface area contributed by atoms with Crippen molar-refractivity contribution in [1.29, 1.82) is 0 Å². The van der Waals surface area contributed by atoms with Crippen molar-refractivity contribution in [3.8, 4) is 0 Å². The number of likely N-dealkylation sites (N-methyl/N-ethyl adjacent to an activating group) is 1. The topological polar surface area (TPSA) is 40.0 Å². The maximum absolute atomic E-state index is 12.9. The number of carbonyl (C=O) groups excluding carboxylic acids is 1. The number of fused-ring (bicyclic) bond motifs is 1. The normalized spacial score (nSPS) is 17.9. The van der Waals surface area contributed by atoms with E-state index in [0.717, 1.165) is 45.5 Å². The summed E-state index contributed by atoms with van der Waals surface area (Å²) in [6.07, 6.45) is 3.77. The molecule has 1 aliphatic rings. The van der Waals surface area contributed by atoms with Gasteiger partial charge in [0, 0.05) is 6.61 Å². The molecule has 0 saturated carbocycles. The summed E-state index contributed by atoms with van der Waals surface area (Å²) in [6.45, 7) is 8.63. The van der Waals surface area contributed by atoms with E-state index in [2.05, 4.69) is 56.3 Å². The minimum Gasteiger partial charge on any atom is -0.459 e. The standard InChI is InChI=1S/C24H33NO3/c1-3-25(4-2)14-16-28-24(26)21(18-22-12-8-15-27-22)17-20-11-7-10-19-9-5-6-13-23(19)20/h5-7,9-11,13,21-22H,3-4,8,12,14-18H2,1-2H3/p+1/t21-,22+/m1/s1. The zero-order valence-electron chi connectivity index (χ0n) is 17.3. The molecular weight excluding hydrogens is 350 g/mol. The second-order valence-corrected chi connectivity index (χ2v) is 7.78. The number of hydrogen-bond donors (Lipinski definition) is 1. The smallest absolute Gasteiger partial charge is 0.309 e. The molecule has 1 aliphatic heterocycles. The summed E-state index contributed by atoms with van der Waals surface area (Å²) in [7, 11) is 0. The largest absolute Gasteiger partial charge is 0.459 e. The van der Waals surface area contributed by atoms with E-state index in [1.54, 1.807) is 0 Å². The Morgan fingerprint density at radius 2 is 1.96 bits per heavy atom. The second kappa shape index (κ2) is 10.6. The molecule has 152 valence electrons. The quantitative estimate of drug-likeness (QED) is 0.640. The highest BCUT2D eigenvalue weighted by atomic mass is 16.5. The van der Waals surface area contributed by atoms with Crippen LogP contribution in [0.25, 0.3) is 10.8 Å². The first-order valence-corrected chi connectivity index (χ1v) is 10.8. The average Bonchev–Trinajstić information content (AvgIpc) is 3.24. The van der Waals surface area contributed by atoms with E-state index in [9.17, 15) is 4.79 Å². The van der Waals surface area contributed by atoms with E-state index >= 15 is 0 Å². The van der Waals surface area contributed by atoms with Crippen LogP contribution in [0.2, 0.25) is 0 Å². The van der Waals surface area contributed by atoms with Gasteiger partial charge in [0.1, 0.15) is 13.2 Å². The van der Waals surface area contributed by atoms with Crippen LogP contribution in [0.3, 0.4) is 0 Å². The predicted molar refractivity (Wildman–Crippen MR) is 113 cm³/mol. The first-order chi connectivity index (χ1) is 13.7. The fraction of sp³-hybridized carbons (Fsp3) is 0.542. The van der Waals surface area contributed by atoms with Gasteiger partial charge in [-0.2, -0.15) is 0 Å². The molecule has 2 atom stereocenters. The van der Waals surface area contributed by atoms with E-state index in [4.69, 9.17) is 9.47 Å². The molecule has 0 aromatic heterocycles. The van der Waals surface area contributed by atoms with Gasteiger partial charge in [-0.3, -0.25) is 4.79 Å². The Bertz CT molecular complexity index is 745. The van der Waals surface area contributed by atoms with Gasteiger partial charge in [-0.15, -0.1) is 0 Å². The van der Waals surface area contributed by atoms with Gasteiger partial charge in [-0.05, 0) is 55.9 Å². The molecule has 2 aromatic carbocycles. The van der Waals surface area contributed by atoms with Gasteiger partial charge in [0.15, 0.2) is 0 Å². The molecule has 0 unspecified atom stereocenters. The summed E-state index contributed by atoms with van der Waals surface area (Å²) in [6, 6.07) is 14.7. The first kappa shape index (κ1) is 20.8. The molecule has 1 saturated heterocycles. The predicted octanol–water partition coefficient (Wildman–Crippen LogP) is 3.04. The Morgan fingerprint density at radius 3 is 2.71 bits per heavy atom. The van der Waals surface area contributed by atoms with Crippen LogP contribution in [0.4, 0.5) is 0 Å². The van der Waals surface area contributed by atoms with Gasteiger partial charge in [0.25, 0.3) is 0 Å². The summed E-state index contributed by atoms with van der Waals surface area (Å²) in [4.78, 5) is 14.4. The van der Waals surface area contributed by atoms with Crippen LogP contribution < -0.4 is 4.90 Å². The third kappa shape index (κ3) is 5.55. The monoisotopic (exact) mass is 384 g/mol. The van der Waals surface area contributed by atoms with Gasteiger partial charge < -0.3 is 14.4 Å².